The summed E-state index contributed by atoms with van der Waals surface area (Å²) in [6, 6.07) is 3.03. The normalized spacial score (nSPS) is 19.5. The minimum absolute atomic E-state index is 0.139. The smallest absolute Gasteiger partial charge is 0.324 e. The number of benzene rings is 1. The highest BCUT2D eigenvalue weighted by Gasteiger charge is 2.31. The fourth-order valence-electron chi connectivity index (χ4n) is 2.40. The zero-order valence-electron chi connectivity index (χ0n) is 11.5. The van der Waals surface area contributed by atoms with E-state index in [1.807, 2.05) is 0 Å². The molecule has 1 aliphatic rings. The fourth-order valence-corrected chi connectivity index (χ4v) is 2.90. The molecule has 0 spiro atoms. The SMILES string of the molecule is CC1CCCN(C(=O)Nc2cc(Br)cc(C(F)(F)F)c2)C1. The van der Waals surface area contributed by atoms with E-state index < -0.39 is 11.7 Å². The molecule has 2 amide bonds. The Bertz CT molecular complexity index is 533. The number of anilines is 1. The average Bonchev–Trinajstić information content (AvgIpc) is 2.37. The molecule has 0 radical (unpaired) electrons. The van der Waals surface area contributed by atoms with Gasteiger partial charge in [0.05, 0.1) is 5.56 Å². The molecule has 1 aromatic carbocycles. The maximum absolute atomic E-state index is 12.7. The van der Waals surface area contributed by atoms with Crippen LogP contribution in [0.2, 0.25) is 0 Å². The van der Waals surface area contributed by atoms with Crippen LogP contribution in [0.5, 0.6) is 0 Å². The van der Waals surface area contributed by atoms with Gasteiger partial charge in [-0.1, -0.05) is 22.9 Å². The summed E-state index contributed by atoms with van der Waals surface area (Å²) in [4.78, 5) is 13.7. The van der Waals surface area contributed by atoms with Gasteiger partial charge in [-0.25, -0.2) is 4.79 Å². The van der Waals surface area contributed by atoms with Crippen molar-refractivity contribution in [1.82, 2.24) is 4.90 Å². The van der Waals surface area contributed by atoms with Gasteiger partial charge in [-0.2, -0.15) is 13.2 Å². The van der Waals surface area contributed by atoms with Crippen molar-refractivity contribution in [1.29, 1.82) is 0 Å². The number of piperidine rings is 1. The first-order valence-electron chi connectivity index (χ1n) is 6.69. The molecule has 116 valence electrons. The standard InChI is InChI=1S/C14H16BrF3N2O/c1-9-3-2-4-20(8-9)13(21)19-12-6-10(14(16,17)18)5-11(15)7-12/h5-7,9H,2-4,8H2,1H3,(H,19,21). The van der Waals surface area contributed by atoms with E-state index >= 15 is 0 Å². The van der Waals surface area contributed by atoms with Crippen LogP contribution in [-0.2, 0) is 6.18 Å². The molecular weight excluding hydrogens is 349 g/mol. The highest BCUT2D eigenvalue weighted by Crippen LogP contribution is 2.33. The third kappa shape index (κ3) is 4.36. The molecule has 1 atom stereocenters. The minimum atomic E-state index is -4.44. The molecule has 1 fully saturated rings. The van der Waals surface area contributed by atoms with Crippen LogP contribution in [-0.4, -0.2) is 24.0 Å². The Morgan fingerprint density at radius 1 is 1.38 bits per heavy atom. The summed E-state index contributed by atoms with van der Waals surface area (Å²) in [7, 11) is 0. The fraction of sp³-hybridized carbons (Fsp3) is 0.500. The van der Waals surface area contributed by atoms with Gasteiger partial charge in [-0.15, -0.1) is 0 Å². The molecule has 3 nitrogen and oxygen atoms in total. The first kappa shape index (κ1) is 16.1. The number of nitrogens with one attached hydrogen (secondary N) is 1. The Morgan fingerprint density at radius 2 is 2.10 bits per heavy atom. The van der Waals surface area contributed by atoms with Crippen molar-refractivity contribution in [2.75, 3.05) is 18.4 Å². The molecule has 1 N–H and O–H groups in total. The Balaban J connectivity index is 2.12. The molecule has 21 heavy (non-hydrogen) atoms. The van der Waals surface area contributed by atoms with Crippen molar-refractivity contribution in [3.05, 3.63) is 28.2 Å². The molecule has 0 aromatic heterocycles. The number of likely N-dealkylation sites (tertiary alicyclic amines) is 1. The Hall–Kier alpha value is -1.24. The first-order chi connectivity index (χ1) is 9.75. The van der Waals surface area contributed by atoms with Crippen molar-refractivity contribution >= 4 is 27.6 Å². The summed E-state index contributed by atoms with van der Waals surface area (Å²) in [5.74, 6) is 0.415. The van der Waals surface area contributed by atoms with E-state index in [0.29, 0.717) is 19.0 Å². The summed E-state index contributed by atoms with van der Waals surface area (Å²) in [6.45, 7) is 3.32. The van der Waals surface area contributed by atoms with Gasteiger partial charge in [0.1, 0.15) is 0 Å². The zero-order chi connectivity index (χ0) is 15.6. The Kier molecular flexibility index (Phi) is 4.81. The number of halogens is 4. The second-order valence-corrected chi connectivity index (χ2v) is 6.27. The van der Waals surface area contributed by atoms with Crippen LogP contribution in [0.3, 0.4) is 0 Å². The van der Waals surface area contributed by atoms with E-state index in [2.05, 4.69) is 28.2 Å². The van der Waals surface area contributed by atoms with Crippen LogP contribution in [0.25, 0.3) is 0 Å². The van der Waals surface area contributed by atoms with Crippen molar-refractivity contribution < 1.29 is 18.0 Å². The summed E-state index contributed by atoms with van der Waals surface area (Å²) in [6.07, 6.45) is -2.46. The lowest BCUT2D eigenvalue weighted by Gasteiger charge is -2.31. The van der Waals surface area contributed by atoms with Crippen molar-refractivity contribution in [3.63, 3.8) is 0 Å². The van der Waals surface area contributed by atoms with Gasteiger partial charge in [0.25, 0.3) is 0 Å². The molecule has 1 aliphatic heterocycles. The minimum Gasteiger partial charge on any atom is -0.324 e. The molecule has 7 heteroatoms. The number of carbonyl (C=O) groups excluding carboxylic acids is 1. The third-order valence-electron chi connectivity index (χ3n) is 3.42. The molecule has 1 heterocycles. The highest BCUT2D eigenvalue weighted by molar-refractivity contribution is 9.10. The summed E-state index contributed by atoms with van der Waals surface area (Å²) in [5, 5.41) is 2.54. The number of hydrogen-bond donors (Lipinski definition) is 1. The summed E-state index contributed by atoms with van der Waals surface area (Å²) < 4.78 is 38.5. The molecule has 0 aliphatic carbocycles. The van der Waals surface area contributed by atoms with E-state index in [1.54, 1.807) is 4.90 Å². The van der Waals surface area contributed by atoms with Crippen molar-refractivity contribution in [3.8, 4) is 0 Å². The largest absolute Gasteiger partial charge is 0.416 e. The van der Waals surface area contributed by atoms with Crippen LogP contribution >= 0.6 is 15.9 Å². The summed E-state index contributed by atoms with van der Waals surface area (Å²) >= 11 is 3.04. The Morgan fingerprint density at radius 3 is 2.71 bits per heavy atom. The number of nitrogens with zero attached hydrogens (tertiary/aromatic N) is 1. The molecule has 0 saturated carbocycles. The zero-order valence-corrected chi connectivity index (χ0v) is 13.1. The van der Waals surface area contributed by atoms with Gasteiger partial charge in [-0.05, 0) is 37.0 Å². The maximum atomic E-state index is 12.7. The first-order valence-corrected chi connectivity index (χ1v) is 7.49. The molecule has 2 rings (SSSR count). The van der Waals surface area contributed by atoms with Crippen molar-refractivity contribution in [2.24, 2.45) is 5.92 Å². The van der Waals surface area contributed by atoms with Crippen molar-refractivity contribution in [2.45, 2.75) is 25.9 Å². The number of alkyl halides is 3. The highest BCUT2D eigenvalue weighted by atomic mass is 79.9. The van der Waals surface area contributed by atoms with E-state index in [-0.39, 0.29) is 16.2 Å². The lowest BCUT2D eigenvalue weighted by molar-refractivity contribution is -0.137. The third-order valence-corrected chi connectivity index (χ3v) is 3.88. The molecule has 1 saturated heterocycles. The average molecular weight is 365 g/mol. The van der Waals surface area contributed by atoms with Gasteiger partial charge in [0, 0.05) is 23.2 Å². The second-order valence-electron chi connectivity index (χ2n) is 5.35. The van der Waals surface area contributed by atoms with Gasteiger partial charge >= 0.3 is 12.2 Å². The van der Waals surface area contributed by atoms with Crippen LogP contribution in [0.1, 0.15) is 25.3 Å². The number of hydrogen-bond acceptors (Lipinski definition) is 1. The number of rotatable bonds is 1. The maximum Gasteiger partial charge on any atom is 0.416 e. The van der Waals surface area contributed by atoms with Crippen LogP contribution in [0.15, 0.2) is 22.7 Å². The quantitative estimate of drug-likeness (QED) is 0.767. The lowest BCUT2D eigenvalue weighted by atomic mass is 10.0. The molecule has 1 unspecified atom stereocenters. The molecule has 1 aromatic rings. The van der Waals surface area contributed by atoms with Crippen LogP contribution < -0.4 is 5.32 Å². The monoisotopic (exact) mass is 364 g/mol. The predicted molar refractivity (Wildman–Crippen MR) is 78.1 cm³/mol. The van der Waals surface area contributed by atoms with Gasteiger partial charge in [0.15, 0.2) is 0 Å². The topological polar surface area (TPSA) is 32.3 Å². The van der Waals surface area contributed by atoms with E-state index in [9.17, 15) is 18.0 Å². The number of amides is 2. The summed E-state index contributed by atoms with van der Waals surface area (Å²) in [5.41, 5.74) is -0.654. The van der Waals surface area contributed by atoms with Crippen LogP contribution in [0.4, 0.5) is 23.7 Å². The predicted octanol–water partition coefficient (Wildman–Crippen LogP) is 4.73. The molecule has 0 bridgehead atoms. The van der Waals surface area contributed by atoms with Crippen LogP contribution in [0, 0.1) is 5.92 Å². The Labute approximate surface area is 129 Å². The number of carbonyl (C=O) groups is 1. The van der Waals surface area contributed by atoms with E-state index in [1.165, 1.54) is 6.07 Å². The number of urea groups is 1. The van der Waals surface area contributed by atoms with Gasteiger partial charge in [-0.3, -0.25) is 0 Å². The van der Waals surface area contributed by atoms with Gasteiger partial charge < -0.3 is 10.2 Å². The molecular formula is C14H16BrF3N2O. The second kappa shape index (κ2) is 6.25. The van der Waals surface area contributed by atoms with Gasteiger partial charge in [0.2, 0.25) is 0 Å². The lowest BCUT2D eigenvalue weighted by Crippen LogP contribution is -2.41. The van der Waals surface area contributed by atoms with E-state index in [4.69, 9.17) is 0 Å². The van der Waals surface area contributed by atoms with E-state index in [0.717, 1.165) is 25.0 Å².